The summed E-state index contributed by atoms with van der Waals surface area (Å²) in [6.07, 6.45) is 5.48. The van der Waals surface area contributed by atoms with Gasteiger partial charge in [-0.3, -0.25) is 0 Å². The zero-order valence-corrected chi connectivity index (χ0v) is 14.3. The van der Waals surface area contributed by atoms with Crippen molar-refractivity contribution in [3.8, 4) is 11.3 Å². The monoisotopic (exact) mass is 282 g/mol. The number of rotatable bonds is 1. The Morgan fingerprint density at radius 2 is 1.57 bits per heavy atom. The van der Waals surface area contributed by atoms with Crippen LogP contribution < -0.4 is 4.57 Å². The molecule has 0 fully saturated rings. The van der Waals surface area contributed by atoms with E-state index in [9.17, 15) is 0 Å². The number of aryl methyl sites for hydroxylation is 1. The second-order valence-corrected chi connectivity index (χ2v) is 4.60. The molecule has 0 unspecified atom stereocenters. The Morgan fingerprint density at radius 3 is 2.24 bits per heavy atom. The van der Waals surface area contributed by atoms with Crippen molar-refractivity contribution in [2.24, 2.45) is 7.05 Å². The molecular weight excluding hydrogens is 254 g/mol. The van der Waals surface area contributed by atoms with Gasteiger partial charge in [-0.05, 0) is 24.6 Å². The van der Waals surface area contributed by atoms with Gasteiger partial charge >= 0.3 is 0 Å². The van der Waals surface area contributed by atoms with Crippen molar-refractivity contribution in [2.75, 3.05) is 0 Å². The van der Waals surface area contributed by atoms with Gasteiger partial charge in [0.25, 0.3) is 0 Å². The van der Waals surface area contributed by atoms with E-state index in [4.69, 9.17) is 0 Å². The summed E-state index contributed by atoms with van der Waals surface area (Å²) in [7, 11) is 2.16. The van der Waals surface area contributed by atoms with Crippen LogP contribution in [0.4, 0.5) is 0 Å². The Labute approximate surface area is 130 Å². The predicted molar refractivity (Wildman–Crippen MR) is 93.2 cm³/mol. The van der Waals surface area contributed by atoms with E-state index < -0.39 is 0 Å². The van der Waals surface area contributed by atoms with Crippen LogP contribution in [0.5, 0.6) is 0 Å². The topological polar surface area (TPSA) is 3.88 Å². The summed E-state index contributed by atoms with van der Waals surface area (Å²) in [6, 6.07) is 13.0. The van der Waals surface area contributed by atoms with E-state index in [0.717, 1.165) is 6.42 Å². The third-order valence-corrected chi connectivity index (χ3v) is 3.55. The fourth-order valence-corrected chi connectivity index (χ4v) is 2.55. The lowest BCUT2D eigenvalue weighted by atomic mass is 10.0. The summed E-state index contributed by atoms with van der Waals surface area (Å²) in [4.78, 5) is 0. The Morgan fingerprint density at radius 1 is 0.905 bits per heavy atom. The fourth-order valence-electron chi connectivity index (χ4n) is 2.55. The highest BCUT2D eigenvalue weighted by Crippen LogP contribution is 2.23. The first kappa shape index (κ1) is 17.2. The standard InChI is InChI=1S/C16H16N.2C2H6/c1-12-6-3-4-8-14(12)16-11-10-13-7-5-9-15(13)17(16)2;2*1-2/h3-8,10-11H,9H2,1-2H3;2*1-2H3/q+1;;. The van der Waals surface area contributed by atoms with Crippen LogP contribution in [0.1, 0.15) is 44.5 Å². The third kappa shape index (κ3) is 3.60. The lowest BCUT2D eigenvalue weighted by Crippen LogP contribution is -2.36. The molecule has 0 bridgehead atoms. The van der Waals surface area contributed by atoms with E-state index in [1.165, 1.54) is 28.1 Å². The highest BCUT2D eigenvalue weighted by atomic mass is 14.9. The molecule has 0 spiro atoms. The van der Waals surface area contributed by atoms with E-state index in [1.807, 2.05) is 27.7 Å². The van der Waals surface area contributed by atoms with Crippen LogP contribution in [0.15, 0.2) is 42.5 Å². The molecule has 0 aliphatic heterocycles. The summed E-state index contributed by atoms with van der Waals surface area (Å²) in [6.45, 7) is 10.2. The van der Waals surface area contributed by atoms with Crippen LogP contribution >= 0.6 is 0 Å². The van der Waals surface area contributed by atoms with Crippen LogP contribution in [0.3, 0.4) is 0 Å². The molecule has 2 aromatic rings. The van der Waals surface area contributed by atoms with Gasteiger partial charge in [-0.25, -0.2) is 0 Å². The van der Waals surface area contributed by atoms with Gasteiger partial charge in [-0.2, -0.15) is 4.57 Å². The van der Waals surface area contributed by atoms with Crippen LogP contribution in [-0.2, 0) is 13.5 Å². The normalized spacial score (nSPS) is 11.0. The van der Waals surface area contributed by atoms with Gasteiger partial charge in [0.2, 0.25) is 5.69 Å². The summed E-state index contributed by atoms with van der Waals surface area (Å²) >= 11 is 0. The van der Waals surface area contributed by atoms with Crippen LogP contribution in [0.25, 0.3) is 17.3 Å². The van der Waals surface area contributed by atoms with E-state index in [2.05, 4.69) is 67.1 Å². The molecule has 1 nitrogen and oxygen atoms in total. The summed E-state index contributed by atoms with van der Waals surface area (Å²) < 4.78 is 2.32. The maximum absolute atomic E-state index is 2.32. The molecule has 1 heteroatoms. The number of aromatic nitrogens is 1. The fraction of sp³-hybridized carbons (Fsp3) is 0.350. The number of hydrogen-bond donors (Lipinski definition) is 0. The predicted octanol–water partition coefficient (Wildman–Crippen LogP) is 5.11. The van der Waals surface area contributed by atoms with Crippen molar-refractivity contribution in [3.05, 3.63) is 59.3 Å². The number of allylic oxidation sites excluding steroid dienone is 1. The van der Waals surface area contributed by atoms with Gasteiger partial charge in [-0.15, -0.1) is 0 Å². The number of hydrogen-bond acceptors (Lipinski definition) is 0. The molecule has 1 heterocycles. The molecular formula is C20H28N+. The van der Waals surface area contributed by atoms with Gasteiger partial charge in [0, 0.05) is 17.2 Å². The number of fused-ring (bicyclic) bond motifs is 1. The van der Waals surface area contributed by atoms with E-state index in [1.54, 1.807) is 0 Å². The van der Waals surface area contributed by atoms with Crippen molar-refractivity contribution in [3.63, 3.8) is 0 Å². The quantitative estimate of drug-likeness (QED) is 0.640. The minimum Gasteiger partial charge on any atom is -0.197 e. The zero-order chi connectivity index (χ0) is 15.8. The lowest BCUT2D eigenvalue weighted by Gasteiger charge is -2.06. The number of pyridine rings is 1. The van der Waals surface area contributed by atoms with Crippen LogP contribution in [-0.4, -0.2) is 0 Å². The highest BCUT2D eigenvalue weighted by molar-refractivity contribution is 5.64. The van der Waals surface area contributed by atoms with Crippen LogP contribution in [0.2, 0.25) is 0 Å². The molecule has 21 heavy (non-hydrogen) atoms. The summed E-state index contributed by atoms with van der Waals surface area (Å²) in [5.74, 6) is 0. The molecule has 0 saturated heterocycles. The Hall–Kier alpha value is -1.89. The SMILES string of the molecule is CC.CC.Cc1ccccc1-c1ccc2c([n+]1C)CC=C2. The Balaban J connectivity index is 0.000000510. The lowest BCUT2D eigenvalue weighted by molar-refractivity contribution is -0.667. The van der Waals surface area contributed by atoms with Gasteiger partial charge in [0.05, 0.1) is 6.42 Å². The largest absolute Gasteiger partial charge is 0.212 e. The first-order valence-corrected chi connectivity index (χ1v) is 8.02. The third-order valence-electron chi connectivity index (χ3n) is 3.55. The molecule has 0 radical (unpaired) electrons. The van der Waals surface area contributed by atoms with Crippen LogP contribution in [0, 0.1) is 6.92 Å². The molecule has 1 aromatic carbocycles. The minimum absolute atomic E-state index is 1.05. The minimum atomic E-state index is 1.05. The van der Waals surface area contributed by atoms with E-state index >= 15 is 0 Å². The second kappa shape index (κ2) is 8.41. The first-order valence-electron chi connectivity index (χ1n) is 8.02. The smallest absolute Gasteiger partial charge is 0.197 e. The van der Waals surface area contributed by atoms with Crippen molar-refractivity contribution in [2.45, 2.75) is 41.0 Å². The maximum Gasteiger partial charge on any atom is 0.212 e. The van der Waals surface area contributed by atoms with Gasteiger partial charge in [0.1, 0.15) is 7.05 Å². The average molecular weight is 282 g/mol. The molecule has 1 aliphatic carbocycles. The van der Waals surface area contributed by atoms with Crippen molar-refractivity contribution in [1.82, 2.24) is 0 Å². The molecule has 0 saturated carbocycles. The molecule has 112 valence electrons. The average Bonchev–Trinajstić information content (AvgIpc) is 3.02. The second-order valence-electron chi connectivity index (χ2n) is 4.60. The Kier molecular flexibility index (Phi) is 6.87. The molecule has 0 atom stereocenters. The highest BCUT2D eigenvalue weighted by Gasteiger charge is 2.20. The van der Waals surface area contributed by atoms with Gasteiger partial charge < -0.3 is 0 Å². The summed E-state index contributed by atoms with van der Waals surface area (Å²) in [5, 5.41) is 0. The molecule has 1 aliphatic rings. The van der Waals surface area contributed by atoms with Gasteiger partial charge in [0.15, 0.2) is 5.69 Å². The molecule has 1 aromatic heterocycles. The van der Waals surface area contributed by atoms with Crippen molar-refractivity contribution in [1.29, 1.82) is 0 Å². The van der Waals surface area contributed by atoms with E-state index in [0.29, 0.717) is 0 Å². The van der Waals surface area contributed by atoms with Gasteiger partial charge in [-0.1, -0.05) is 58.0 Å². The zero-order valence-electron chi connectivity index (χ0n) is 14.3. The summed E-state index contributed by atoms with van der Waals surface area (Å²) in [5.41, 5.74) is 6.71. The molecule has 0 N–H and O–H groups in total. The number of nitrogens with zero attached hydrogens (tertiary/aromatic N) is 1. The molecule has 3 rings (SSSR count). The van der Waals surface area contributed by atoms with Crippen molar-refractivity contribution < 1.29 is 4.57 Å². The van der Waals surface area contributed by atoms with E-state index in [-0.39, 0.29) is 0 Å². The Bertz CT molecular complexity index is 609. The van der Waals surface area contributed by atoms with Crippen molar-refractivity contribution >= 4 is 6.08 Å². The molecule has 0 amide bonds. The maximum atomic E-state index is 2.32. The number of benzene rings is 1. The first-order chi connectivity index (χ1) is 10.3.